The molecular formula is C33H48N8O3S. The second-order valence-electron chi connectivity index (χ2n) is 12.1. The van der Waals surface area contributed by atoms with E-state index in [1.165, 1.54) is 11.3 Å². The molecule has 2 aliphatic heterocycles. The fourth-order valence-electron chi connectivity index (χ4n) is 6.15. The van der Waals surface area contributed by atoms with E-state index < -0.39 is 5.66 Å². The number of benzene rings is 2. The number of rotatable bonds is 13. The molecule has 12 heteroatoms. The molecule has 4 N–H and O–H groups in total. The topological polar surface area (TPSA) is 113 Å². The van der Waals surface area contributed by atoms with Crippen LogP contribution in [0.1, 0.15) is 29.0 Å². The van der Waals surface area contributed by atoms with Gasteiger partial charge in [0.1, 0.15) is 18.0 Å². The Morgan fingerprint density at radius 3 is 2.51 bits per heavy atom. The Kier molecular flexibility index (Phi) is 10.7. The maximum absolute atomic E-state index is 7.39. The molecule has 1 saturated heterocycles. The van der Waals surface area contributed by atoms with Crippen LogP contribution in [0.4, 0.5) is 11.4 Å². The number of guanidine groups is 1. The summed E-state index contributed by atoms with van der Waals surface area (Å²) in [5, 5.41) is 10.2. The Morgan fingerprint density at radius 2 is 1.84 bits per heavy atom. The molecular weight excluding hydrogens is 588 g/mol. The number of anilines is 1. The van der Waals surface area contributed by atoms with Crippen LogP contribution >= 0.6 is 11.3 Å². The van der Waals surface area contributed by atoms with E-state index in [1.807, 2.05) is 23.7 Å². The minimum atomic E-state index is -0.839. The van der Waals surface area contributed by atoms with Gasteiger partial charge in [0, 0.05) is 80.5 Å². The lowest BCUT2D eigenvalue weighted by atomic mass is 9.78. The van der Waals surface area contributed by atoms with Gasteiger partial charge in [-0.25, -0.2) is 9.98 Å². The third-order valence-corrected chi connectivity index (χ3v) is 9.46. The SMILES string of the molecule is COc1cc2c(cc1OC)C(N)(C1CCN(Cc3c(OCCN(C)C)cccc3N(C)C)CC1)NC(NCCc1nccs1)=N2. The van der Waals surface area contributed by atoms with E-state index in [-0.39, 0.29) is 5.92 Å². The van der Waals surface area contributed by atoms with Gasteiger partial charge in [0.2, 0.25) is 0 Å². The van der Waals surface area contributed by atoms with Gasteiger partial charge in [-0.15, -0.1) is 11.3 Å². The number of thiazole rings is 1. The van der Waals surface area contributed by atoms with Gasteiger partial charge in [-0.05, 0) is 58.2 Å². The number of nitrogens with zero attached hydrogens (tertiary/aromatic N) is 5. The number of nitrogens with two attached hydrogens (primary N) is 1. The fraction of sp³-hybridized carbons (Fsp3) is 0.515. The van der Waals surface area contributed by atoms with E-state index >= 15 is 0 Å². The largest absolute Gasteiger partial charge is 0.493 e. The van der Waals surface area contributed by atoms with Crippen LogP contribution in [-0.4, -0.2) is 95.9 Å². The van der Waals surface area contributed by atoms with Crippen LogP contribution < -0.4 is 35.5 Å². The zero-order chi connectivity index (χ0) is 32.0. The first-order chi connectivity index (χ1) is 21.7. The molecule has 0 spiro atoms. The molecule has 5 rings (SSSR count). The minimum Gasteiger partial charge on any atom is -0.493 e. The molecule has 0 amide bonds. The van der Waals surface area contributed by atoms with E-state index in [2.05, 4.69) is 76.7 Å². The van der Waals surface area contributed by atoms with Gasteiger partial charge in [-0.1, -0.05) is 6.07 Å². The predicted octanol–water partition coefficient (Wildman–Crippen LogP) is 3.61. The number of ether oxygens (including phenoxy) is 3. The van der Waals surface area contributed by atoms with Gasteiger partial charge in [-0.2, -0.15) is 0 Å². The summed E-state index contributed by atoms with van der Waals surface area (Å²) >= 11 is 1.65. The van der Waals surface area contributed by atoms with Crippen molar-refractivity contribution in [3.63, 3.8) is 0 Å². The maximum Gasteiger partial charge on any atom is 0.198 e. The van der Waals surface area contributed by atoms with Gasteiger partial charge in [-0.3, -0.25) is 4.90 Å². The third kappa shape index (κ3) is 7.63. The van der Waals surface area contributed by atoms with Crippen LogP contribution in [0.2, 0.25) is 0 Å². The van der Waals surface area contributed by atoms with Crippen LogP contribution in [0.25, 0.3) is 0 Å². The molecule has 3 heterocycles. The van der Waals surface area contributed by atoms with Crippen LogP contribution in [0.5, 0.6) is 17.2 Å². The van der Waals surface area contributed by atoms with E-state index in [0.717, 1.165) is 67.4 Å². The fourth-order valence-corrected chi connectivity index (χ4v) is 6.77. The summed E-state index contributed by atoms with van der Waals surface area (Å²) in [6.45, 7) is 4.85. The Hall–Kier alpha value is -3.58. The standard InChI is InChI=1S/C33H48N8O3S/c1-39(2)17-18-44-28-9-7-8-27(40(3)4)24(28)22-41-15-11-23(12-16-41)33(34)25-20-29(42-5)30(43-6)21-26(25)37-32(38-33)36-13-10-31-35-14-19-45-31/h7-9,14,19-21,23H,10-13,15-18,22,34H2,1-6H3,(H2,36,37,38). The van der Waals surface area contributed by atoms with Crippen molar-refractivity contribution >= 4 is 28.7 Å². The summed E-state index contributed by atoms with van der Waals surface area (Å²) in [5.41, 5.74) is 10.7. The Bertz CT molecular complexity index is 1440. The normalized spacial score (nSPS) is 18.6. The molecule has 1 atom stereocenters. The summed E-state index contributed by atoms with van der Waals surface area (Å²) in [5.74, 6) is 3.05. The number of likely N-dealkylation sites (N-methyl/N-ethyl adjacent to an activating group) is 1. The number of aliphatic imine (C=N–C) groups is 1. The van der Waals surface area contributed by atoms with Gasteiger partial charge in [0.15, 0.2) is 17.5 Å². The van der Waals surface area contributed by atoms with E-state index in [1.54, 1.807) is 25.6 Å². The molecule has 0 aliphatic carbocycles. The van der Waals surface area contributed by atoms with Crippen LogP contribution in [0.3, 0.4) is 0 Å². The molecule has 45 heavy (non-hydrogen) atoms. The molecule has 2 aliphatic rings. The lowest BCUT2D eigenvalue weighted by molar-refractivity contribution is 0.112. The maximum atomic E-state index is 7.39. The number of hydrogen-bond acceptors (Lipinski definition) is 12. The van der Waals surface area contributed by atoms with E-state index in [9.17, 15) is 0 Å². The van der Waals surface area contributed by atoms with Crippen molar-refractivity contribution in [2.45, 2.75) is 31.5 Å². The first kappa shape index (κ1) is 32.8. The van der Waals surface area contributed by atoms with Crippen molar-refractivity contribution in [3.05, 3.63) is 58.0 Å². The molecule has 0 radical (unpaired) electrons. The number of methoxy groups -OCH3 is 2. The number of aromatic nitrogens is 1. The highest BCUT2D eigenvalue weighted by molar-refractivity contribution is 7.09. The van der Waals surface area contributed by atoms with Crippen molar-refractivity contribution in [1.29, 1.82) is 0 Å². The molecule has 1 unspecified atom stereocenters. The van der Waals surface area contributed by atoms with Crippen LogP contribution in [0.15, 0.2) is 46.9 Å². The second-order valence-corrected chi connectivity index (χ2v) is 13.1. The van der Waals surface area contributed by atoms with Gasteiger partial charge in [0.05, 0.1) is 24.9 Å². The number of piperidine rings is 1. The third-order valence-electron chi connectivity index (χ3n) is 8.62. The highest BCUT2D eigenvalue weighted by Crippen LogP contribution is 2.45. The number of likely N-dealkylation sites (tertiary alicyclic amines) is 1. The first-order valence-electron chi connectivity index (χ1n) is 15.6. The summed E-state index contributed by atoms with van der Waals surface area (Å²) < 4.78 is 17.6. The molecule has 0 bridgehead atoms. The zero-order valence-corrected chi connectivity index (χ0v) is 28.2. The average Bonchev–Trinajstić information content (AvgIpc) is 3.55. The lowest BCUT2D eigenvalue weighted by Gasteiger charge is -2.46. The molecule has 2 aromatic carbocycles. The first-order valence-corrected chi connectivity index (χ1v) is 16.4. The highest BCUT2D eigenvalue weighted by atomic mass is 32.1. The summed E-state index contributed by atoms with van der Waals surface area (Å²) in [6.07, 6.45) is 4.49. The summed E-state index contributed by atoms with van der Waals surface area (Å²) in [6, 6.07) is 10.2. The van der Waals surface area contributed by atoms with Gasteiger partial charge in [0.25, 0.3) is 0 Å². The monoisotopic (exact) mass is 636 g/mol. The zero-order valence-electron chi connectivity index (χ0n) is 27.4. The predicted molar refractivity (Wildman–Crippen MR) is 182 cm³/mol. The van der Waals surface area contributed by atoms with E-state index in [0.29, 0.717) is 30.6 Å². The van der Waals surface area contributed by atoms with Gasteiger partial charge >= 0.3 is 0 Å². The molecule has 244 valence electrons. The highest BCUT2D eigenvalue weighted by Gasteiger charge is 2.43. The molecule has 3 aromatic rings. The van der Waals surface area contributed by atoms with Crippen molar-refractivity contribution in [1.82, 2.24) is 25.4 Å². The van der Waals surface area contributed by atoms with Crippen LogP contribution in [-0.2, 0) is 18.6 Å². The number of hydrogen-bond donors (Lipinski definition) is 3. The van der Waals surface area contributed by atoms with Crippen molar-refractivity contribution in [2.24, 2.45) is 16.6 Å². The molecule has 1 aromatic heterocycles. The van der Waals surface area contributed by atoms with E-state index in [4.69, 9.17) is 24.9 Å². The van der Waals surface area contributed by atoms with Crippen molar-refractivity contribution in [3.8, 4) is 17.2 Å². The van der Waals surface area contributed by atoms with Crippen LogP contribution in [0, 0.1) is 5.92 Å². The number of nitrogens with one attached hydrogen (secondary N) is 2. The summed E-state index contributed by atoms with van der Waals surface area (Å²) in [7, 11) is 11.6. The van der Waals surface area contributed by atoms with Crippen molar-refractivity contribution in [2.75, 3.05) is 80.1 Å². The Labute approximate surface area is 271 Å². The number of fused-ring (bicyclic) bond motifs is 1. The average molecular weight is 637 g/mol. The minimum absolute atomic E-state index is 0.164. The van der Waals surface area contributed by atoms with Crippen molar-refractivity contribution < 1.29 is 14.2 Å². The molecule has 0 saturated carbocycles. The Morgan fingerprint density at radius 1 is 1.09 bits per heavy atom. The molecule has 1 fully saturated rings. The Balaban J connectivity index is 1.33. The summed E-state index contributed by atoms with van der Waals surface area (Å²) in [4.78, 5) is 16.1. The van der Waals surface area contributed by atoms with Gasteiger partial charge < -0.3 is 40.4 Å². The smallest absolute Gasteiger partial charge is 0.198 e. The second kappa shape index (κ2) is 14.7. The lowest BCUT2D eigenvalue weighted by Crippen LogP contribution is -2.63. The quantitative estimate of drug-likeness (QED) is 0.257. The molecule has 11 nitrogen and oxygen atoms in total.